The molecule has 0 bridgehead atoms. The van der Waals surface area contributed by atoms with Gasteiger partial charge in [0.05, 0.1) is 18.8 Å². The van der Waals surface area contributed by atoms with Crippen molar-refractivity contribution in [3.8, 4) is 0 Å². The molecule has 86 valence electrons. The molecule has 2 aromatic heterocycles. The molecule has 0 aliphatic rings. The number of nitrogen functional groups attached to an aromatic ring is 1. The van der Waals surface area contributed by atoms with Crippen LogP contribution in [0.2, 0.25) is 0 Å². The van der Waals surface area contributed by atoms with Crippen molar-refractivity contribution >= 4 is 5.82 Å². The predicted molar refractivity (Wildman–Crippen MR) is 60.8 cm³/mol. The fourth-order valence-electron chi connectivity index (χ4n) is 1.72. The zero-order valence-electron chi connectivity index (χ0n) is 9.54. The van der Waals surface area contributed by atoms with Crippen LogP contribution in [0.1, 0.15) is 25.5 Å². The van der Waals surface area contributed by atoms with Crippen LogP contribution in [0.4, 0.5) is 5.82 Å². The summed E-state index contributed by atoms with van der Waals surface area (Å²) in [6.45, 7) is 5.67. The van der Waals surface area contributed by atoms with Crippen LogP contribution in [-0.4, -0.2) is 24.8 Å². The Bertz CT molecular complexity index is 442. The van der Waals surface area contributed by atoms with Crippen molar-refractivity contribution in [3.05, 3.63) is 24.2 Å². The average Bonchev–Trinajstić information content (AvgIpc) is 2.83. The number of nitrogens with two attached hydrogens (primary N) is 1. The molecule has 0 unspecified atom stereocenters. The van der Waals surface area contributed by atoms with Crippen molar-refractivity contribution in [1.29, 1.82) is 0 Å². The number of rotatable bonds is 4. The summed E-state index contributed by atoms with van der Waals surface area (Å²) in [5.41, 5.74) is 6.77. The Morgan fingerprint density at radius 2 is 2.19 bits per heavy atom. The second-order valence-corrected chi connectivity index (χ2v) is 4.01. The fourth-order valence-corrected chi connectivity index (χ4v) is 1.72. The second-order valence-electron chi connectivity index (χ2n) is 4.01. The molecule has 0 radical (unpaired) electrons. The predicted octanol–water partition coefficient (Wildman–Crippen LogP) is 0.880. The molecule has 0 aliphatic carbocycles. The highest BCUT2D eigenvalue weighted by molar-refractivity contribution is 5.34. The van der Waals surface area contributed by atoms with E-state index in [1.807, 2.05) is 21.6 Å². The van der Waals surface area contributed by atoms with Crippen molar-refractivity contribution in [2.45, 2.75) is 32.9 Å². The first-order chi connectivity index (χ1) is 7.68. The van der Waals surface area contributed by atoms with Gasteiger partial charge in [-0.2, -0.15) is 5.10 Å². The van der Waals surface area contributed by atoms with Gasteiger partial charge in [-0.3, -0.25) is 4.68 Å². The number of nitrogens with zero attached hydrogens (tertiary/aromatic N) is 5. The highest BCUT2D eigenvalue weighted by Crippen LogP contribution is 2.18. The quantitative estimate of drug-likeness (QED) is 0.830. The van der Waals surface area contributed by atoms with Crippen LogP contribution < -0.4 is 5.73 Å². The van der Waals surface area contributed by atoms with Gasteiger partial charge in [0.25, 0.3) is 0 Å². The zero-order valence-corrected chi connectivity index (χ0v) is 9.54. The minimum atomic E-state index is 0.327. The monoisotopic (exact) mass is 220 g/mol. The highest BCUT2D eigenvalue weighted by Gasteiger charge is 2.13. The lowest BCUT2D eigenvalue weighted by Gasteiger charge is -2.09. The molecule has 0 aromatic carbocycles. The average molecular weight is 220 g/mol. The molecule has 2 aromatic rings. The van der Waals surface area contributed by atoms with E-state index in [1.165, 1.54) is 0 Å². The van der Waals surface area contributed by atoms with E-state index < -0.39 is 0 Å². The maximum absolute atomic E-state index is 5.77. The van der Waals surface area contributed by atoms with Gasteiger partial charge in [-0.05, 0) is 12.0 Å². The summed E-state index contributed by atoms with van der Waals surface area (Å²) >= 11 is 0. The number of aryl methyl sites for hydroxylation is 2. The smallest absolute Gasteiger partial charge is 0.169 e. The highest BCUT2D eigenvalue weighted by atomic mass is 15.5. The molecular formula is C10H16N6. The van der Waals surface area contributed by atoms with Gasteiger partial charge < -0.3 is 5.73 Å². The molecule has 0 fully saturated rings. The lowest BCUT2D eigenvalue weighted by Crippen LogP contribution is -2.13. The number of hydrogen-bond donors (Lipinski definition) is 1. The van der Waals surface area contributed by atoms with Crippen LogP contribution in [0.15, 0.2) is 18.5 Å². The Labute approximate surface area is 94.1 Å². The van der Waals surface area contributed by atoms with E-state index in [4.69, 9.17) is 5.73 Å². The summed E-state index contributed by atoms with van der Waals surface area (Å²) in [4.78, 5) is 0. The van der Waals surface area contributed by atoms with Gasteiger partial charge in [-0.25, -0.2) is 4.68 Å². The van der Waals surface area contributed by atoms with Crippen molar-refractivity contribution in [3.63, 3.8) is 0 Å². The standard InChI is InChI=1S/C10H16N6/c1-8(2)9-10(11)13-14-16(9)7-6-15-5-3-4-12-15/h3-5,8H,6-7,11H2,1-2H3. The van der Waals surface area contributed by atoms with Crippen LogP contribution in [0.5, 0.6) is 0 Å². The molecule has 0 atom stereocenters. The molecule has 0 spiro atoms. The van der Waals surface area contributed by atoms with Crippen LogP contribution in [0.3, 0.4) is 0 Å². The summed E-state index contributed by atoms with van der Waals surface area (Å²) in [6, 6.07) is 1.90. The number of anilines is 1. The van der Waals surface area contributed by atoms with E-state index in [1.54, 1.807) is 6.20 Å². The molecule has 6 heteroatoms. The zero-order chi connectivity index (χ0) is 11.5. The van der Waals surface area contributed by atoms with Crippen LogP contribution >= 0.6 is 0 Å². The van der Waals surface area contributed by atoms with Gasteiger partial charge >= 0.3 is 0 Å². The Kier molecular flexibility index (Phi) is 2.89. The Morgan fingerprint density at radius 1 is 1.38 bits per heavy atom. The normalized spacial score (nSPS) is 11.2. The third-order valence-corrected chi connectivity index (χ3v) is 2.45. The molecule has 2 heterocycles. The van der Waals surface area contributed by atoms with E-state index in [-0.39, 0.29) is 0 Å². The summed E-state index contributed by atoms with van der Waals surface area (Å²) in [5.74, 6) is 0.850. The topological polar surface area (TPSA) is 74.5 Å². The molecule has 2 N–H and O–H groups in total. The summed E-state index contributed by atoms with van der Waals surface area (Å²) in [7, 11) is 0. The van der Waals surface area contributed by atoms with Gasteiger partial charge in [-0.15, -0.1) is 5.10 Å². The second kappa shape index (κ2) is 4.34. The molecule has 0 saturated heterocycles. The van der Waals surface area contributed by atoms with Crippen LogP contribution in [0, 0.1) is 0 Å². The van der Waals surface area contributed by atoms with Crippen molar-refractivity contribution in [2.24, 2.45) is 0 Å². The van der Waals surface area contributed by atoms with Crippen LogP contribution in [0.25, 0.3) is 0 Å². The van der Waals surface area contributed by atoms with Crippen LogP contribution in [-0.2, 0) is 13.1 Å². The largest absolute Gasteiger partial charge is 0.381 e. The van der Waals surface area contributed by atoms with E-state index in [0.717, 1.165) is 18.8 Å². The van der Waals surface area contributed by atoms with Gasteiger partial charge in [0.15, 0.2) is 5.82 Å². The summed E-state index contributed by atoms with van der Waals surface area (Å²) in [6.07, 6.45) is 3.69. The Hall–Kier alpha value is -1.85. The van der Waals surface area contributed by atoms with Gasteiger partial charge in [-0.1, -0.05) is 19.1 Å². The number of hydrogen-bond acceptors (Lipinski definition) is 4. The Balaban J connectivity index is 2.10. The number of aromatic nitrogens is 5. The maximum atomic E-state index is 5.77. The lowest BCUT2D eigenvalue weighted by atomic mass is 10.1. The first-order valence-electron chi connectivity index (χ1n) is 5.34. The lowest BCUT2D eigenvalue weighted by molar-refractivity contribution is 0.471. The SMILES string of the molecule is CC(C)c1c(N)nnn1CCn1cccn1. The van der Waals surface area contributed by atoms with E-state index in [9.17, 15) is 0 Å². The summed E-state index contributed by atoms with van der Waals surface area (Å²) in [5, 5.41) is 12.1. The van der Waals surface area contributed by atoms with Crippen molar-refractivity contribution in [2.75, 3.05) is 5.73 Å². The van der Waals surface area contributed by atoms with Gasteiger partial charge in [0.1, 0.15) is 0 Å². The summed E-state index contributed by atoms with van der Waals surface area (Å²) < 4.78 is 3.71. The molecule has 0 aliphatic heterocycles. The van der Waals surface area contributed by atoms with E-state index in [0.29, 0.717) is 11.7 Å². The molecule has 6 nitrogen and oxygen atoms in total. The Morgan fingerprint density at radius 3 is 2.81 bits per heavy atom. The first-order valence-corrected chi connectivity index (χ1v) is 5.34. The minimum Gasteiger partial charge on any atom is -0.381 e. The molecular weight excluding hydrogens is 204 g/mol. The third-order valence-electron chi connectivity index (χ3n) is 2.45. The molecule has 0 saturated carbocycles. The van der Waals surface area contributed by atoms with Crippen molar-refractivity contribution in [1.82, 2.24) is 24.8 Å². The van der Waals surface area contributed by atoms with E-state index >= 15 is 0 Å². The minimum absolute atomic E-state index is 0.327. The van der Waals surface area contributed by atoms with E-state index in [2.05, 4.69) is 29.3 Å². The molecule has 2 rings (SSSR count). The van der Waals surface area contributed by atoms with Gasteiger partial charge in [0.2, 0.25) is 0 Å². The first kappa shape index (κ1) is 10.7. The van der Waals surface area contributed by atoms with Crippen molar-refractivity contribution < 1.29 is 0 Å². The maximum Gasteiger partial charge on any atom is 0.169 e. The third kappa shape index (κ3) is 2.05. The molecule has 0 amide bonds. The molecule has 16 heavy (non-hydrogen) atoms. The fraction of sp³-hybridized carbons (Fsp3) is 0.500. The van der Waals surface area contributed by atoms with Gasteiger partial charge in [0, 0.05) is 12.4 Å².